The molecule has 0 spiro atoms. The van der Waals surface area contributed by atoms with Gasteiger partial charge in [0.15, 0.2) is 0 Å². The van der Waals surface area contributed by atoms with Crippen molar-refractivity contribution in [1.29, 1.82) is 0 Å². The summed E-state index contributed by atoms with van der Waals surface area (Å²) in [5.41, 5.74) is 3.73. The Morgan fingerprint density at radius 1 is 1.82 bits per heavy atom. The lowest BCUT2D eigenvalue weighted by atomic mass is 10.0. The summed E-state index contributed by atoms with van der Waals surface area (Å²) in [7, 11) is 0. The topological polar surface area (TPSA) is 89.6 Å². The third-order valence-electron chi connectivity index (χ3n) is 1.76. The number of aliphatic carboxylic acids is 1. The first-order valence-corrected chi connectivity index (χ1v) is 3.26. The van der Waals surface area contributed by atoms with Gasteiger partial charge in [0.2, 0.25) is 5.60 Å². The Morgan fingerprint density at radius 3 is 2.64 bits per heavy atom. The van der Waals surface area contributed by atoms with Crippen LogP contribution in [0.4, 0.5) is 0 Å². The number of carboxylic acid groups (broad SMARTS) is 1. The van der Waals surface area contributed by atoms with E-state index in [4.69, 9.17) is 10.8 Å². The second-order valence-corrected chi connectivity index (χ2v) is 2.48. The fourth-order valence-electron chi connectivity index (χ4n) is 1.01. The van der Waals surface area contributed by atoms with Crippen LogP contribution in [0, 0.1) is 0 Å². The minimum absolute atomic E-state index is 0.142. The molecule has 11 heavy (non-hydrogen) atoms. The van der Waals surface area contributed by atoms with E-state index in [-0.39, 0.29) is 19.4 Å². The quantitative estimate of drug-likeness (QED) is 0.510. The van der Waals surface area contributed by atoms with Gasteiger partial charge in [-0.05, 0) is 0 Å². The fraction of sp³-hybridized carbons (Fsp3) is 0.667. The Labute approximate surface area is 63.1 Å². The molecule has 3 N–H and O–H groups in total. The van der Waals surface area contributed by atoms with Crippen molar-refractivity contribution in [3.63, 3.8) is 0 Å². The van der Waals surface area contributed by atoms with Crippen molar-refractivity contribution >= 4 is 11.9 Å². The SMILES string of the molecule is NCC1(C(=O)O)CCC(=O)O1. The van der Waals surface area contributed by atoms with Crippen LogP contribution in [0.25, 0.3) is 0 Å². The lowest BCUT2D eigenvalue weighted by molar-refractivity contribution is -0.168. The maximum atomic E-state index is 10.6. The number of nitrogens with two attached hydrogens (primary N) is 1. The third-order valence-corrected chi connectivity index (χ3v) is 1.76. The maximum absolute atomic E-state index is 10.6. The molecule has 5 nitrogen and oxygen atoms in total. The van der Waals surface area contributed by atoms with E-state index in [1.165, 1.54) is 0 Å². The van der Waals surface area contributed by atoms with Crippen molar-refractivity contribution in [3.05, 3.63) is 0 Å². The van der Waals surface area contributed by atoms with Crippen molar-refractivity contribution in [2.24, 2.45) is 5.73 Å². The molecule has 1 rings (SSSR count). The molecule has 0 saturated carbocycles. The molecule has 1 unspecified atom stereocenters. The number of hydrogen-bond donors (Lipinski definition) is 2. The van der Waals surface area contributed by atoms with Crippen molar-refractivity contribution in [3.8, 4) is 0 Å². The van der Waals surface area contributed by atoms with Gasteiger partial charge in [-0.1, -0.05) is 0 Å². The minimum atomic E-state index is -1.45. The van der Waals surface area contributed by atoms with Crippen LogP contribution < -0.4 is 5.73 Å². The van der Waals surface area contributed by atoms with Gasteiger partial charge >= 0.3 is 11.9 Å². The number of carbonyl (C=O) groups is 2. The predicted molar refractivity (Wildman–Crippen MR) is 34.7 cm³/mol. The zero-order valence-corrected chi connectivity index (χ0v) is 5.87. The van der Waals surface area contributed by atoms with Gasteiger partial charge in [-0.15, -0.1) is 0 Å². The van der Waals surface area contributed by atoms with E-state index in [2.05, 4.69) is 4.74 Å². The fourth-order valence-corrected chi connectivity index (χ4v) is 1.01. The number of carboxylic acids is 1. The third kappa shape index (κ3) is 1.19. The molecule has 1 heterocycles. The zero-order valence-electron chi connectivity index (χ0n) is 5.87. The van der Waals surface area contributed by atoms with Crippen LogP contribution in [-0.2, 0) is 14.3 Å². The Balaban J connectivity index is 2.78. The highest BCUT2D eigenvalue weighted by molar-refractivity contribution is 5.85. The highest BCUT2D eigenvalue weighted by Gasteiger charge is 2.46. The molecule has 0 aromatic rings. The second kappa shape index (κ2) is 2.50. The van der Waals surface area contributed by atoms with Crippen molar-refractivity contribution < 1.29 is 19.4 Å². The summed E-state index contributed by atoms with van der Waals surface area (Å²) >= 11 is 0. The molecule has 0 aromatic heterocycles. The predicted octanol–water partition coefficient (Wildman–Crippen LogP) is -0.895. The second-order valence-electron chi connectivity index (χ2n) is 2.48. The van der Waals surface area contributed by atoms with Gasteiger partial charge in [-0.3, -0.25) is 4.79 Å². The monoisotopic (exact) mass is 159 g/mol. The van der Waals surface area contributed by atoms with Crippen molar-refractivity contribution in [1.82, 2.24) is 0 Å². The Hall–Kier alpha value is -1.10. The summed E-state index contributed by atoms with van der Waals surface area (Å²) in [4.78, 5) is 21.1. The van der Waals surface area contributed by atoms with E-state index in [1.54, 1.807) is 0 Å². The number of esters is 1. The maximum Gasteiger partial charge on any atom is 0.349 e. The molecule has 0 bridgehead atoms. The first kappa shape index (κ1) is 8.00. The summed E-state index contributed by atoms with van der Waals surface area (Å²) in [6.45, 7) is -0.159. The summed E-state index contributed by atoms with van der Waals surface area (Å²) in [5, 5.41) is 8.62. The smallest absolute Gasteiger partial charge is 0.349 e. The molecule has 0 aromatic carbocycles. The van der Waals surface area contributed by atoms with Crippen molar-refractivity contribution in [2.45, 2.75) is 18.4 Å². The summed E-state index contributed by atoms with van der Waals surface area (Å²) in [6, 6.07) is 0. The number of rotatable bonds is 2. The molecule has 1 fully saturated rings. The summed E-state index contributed by atoms with van der Waals surface area (Å²) in [6.07, 6.45) is 0.321. The van der Waals surface area contributed by atoms with Crippen LogP contribution in [0.3, 0.4) is 0 Å². The van der Waals surface area contributed by atoms with E-state index in [1.807, 2.05) is 0 Å². The largest absolute Gasteiger partial charge is 0.478 e. The molecule has 0 aliphatic carbocycles. The van der Waals surface area contributed by atoms with E-state index in [0.29, 0.717) is 0 Å². The summed E-state index contributed by atoms with van der Waals surface area (Å²) in [5.74, 6) is -1.65. The van der Waals surface area contributed by atoms with Crippen LogP contribution in [-0.4, -0.2) is 29.2 Å². The Bertz CT molecular complexity index is 203. The van der Waals surface area contributed by atoms with Gasteiger partial charge in [-0.2, -0.15) is 0 Å². The first-order chi connectivity index (χ1) is 5.10. The van der Waals surface area contributed by atoms with E-state index >= 15 is 0 Å². The standard InChI is InChI=1S/C6H9NO4/c7-3-6(5(9)10)2-1-4(8)11-6/h1-3,7H2,(H,9,10). The van der Waals surface area contributed by atoms with Crippen molar-refractivity contribution in [2.75, 3.05) is 6.54 Å². The normalized spacial score (nSPS) is 30.1. The molecular formula is C6H9NO4. The number of carbonyl (C=O) groups excluding carboxylic acids is 1. The van der Waals surface area contributed by atoms with Gasteiger partial charge in [0.1, 0.15) is 0 Å². The van der Waals surface area contributed by atoms with Crippen LogP contribution in [0.1, 0.15) is 12.8 Å². The minimum Gasteiger partial charge on any atom is -0.478 e. The molecule has 1 atom stereocenters. The Kier molecular flexibility index (Phi) is 1.82. The molecule has 0 radical (unpaired) electrons. The van der Waals surface area contributed by atoms with Crippen LogP contribution in [0.15, 0.2) is 0 Å². The molecule has 0 amide bonds. The number of hydrogen-bond acceptors (Lipinski definition) is 4. The van der Waals surface area contributed by atoms with Gasteiger partial charge in [-0.25, -0.2) is 4.79 Å². The first-order valence-electron chi connectivity index (χ1n) is 3.26. The van der Waals surface area contributed by atoms with E-state index in [9.17, 15) is 9.59 Å². The highest BCUT2D eigenvalue weighted by atomic mass is 16.6. The van der Waals surface area contributed by atoms with Crippen LogP contribution in [0.5, 0.6) is 0 Å². The molecular weight excluding hydrogens is 150 g/mol. The number of ether oxygens (including phenoxy) is 1. The zero-order chi connectivity index (χ0) is 8.48. The van der Waals surface area contributed by atoms with E-state index in [0.717, 1.165) is 0 Å². The summed E-state index contributed by atoms with van der Waals surface area (Å²) < 4.78 is 4.60. The molecule has 5 heteroatoms. The molecule has 62 valence electrons. The van der Waals surface area contributed by atoms with Crippen LogP contribution >= 0.6 is 0 Å². The lowest BCUT2D eigenvalue weighted by Gasteiger charge is -2.19. The average Bonchev–Trinajstić information content (AvgIpc) is 2.33. The van der Waals surface area contributed by atoms with Gasteiger partial charge in [0, 0.05) is 19.4 Å². The average molecular weight is 159 g/mol. The molecule has 1 aliphatic rings. The van der Waals surface area contributed by atoms with Gasteiger partial charge in [0.25, 0.3) is 0 Å². The highest BCUT2D eigenvalue weighted by Crippen LogP contribution is 2.25. The Morgan fingerprint density at radius 2 is 2.45 bits per heavy atom. The molecule has 1 saturated heterocycles. The number of cyclic esters (lactones) is 1. The lowest BCUT2D eigenvalue weighted by Crippen LogP contribution is -2.45. The molecule has 1 aliphatic heterocycles. The van der Waals surface area contributed by atoms with E-state index < -0.39 is 17.5 Å². The van der Waals surface area contributed by atoms with Gasteiger partial charge in [0.05, 0.1) is 0 Å². The van der Waals surface area contributed by atoms with Crippen LogP contribution in [0.2, 0.25) is 0 Å². The van der Waals surface area contributed by atoms with Gasteiger partial charge < -0.3 is 15.6 Å².